The van der Waals surface area contributed by atoms with Crippen LogP contribution in [0, 0.1) is 11.8 Å². The predicted octanol–water partition coefficient (Wildman–Crippen LogP) is 6.67. The maximum Gasteiger partial charge on any atom is 0.317 e. The third-order valence-corrected chi connectivity index (χ3v) is 5.49. The lowest BCUT2D eigenvalue weighted by Gasteiger charge is -2.15. The molecule has 1 atom stereocenters. The second kappa shape index (κ2) is 17.4. The SMILES string of the molecule is CCCCCCCCCCCC(CC)CCCCCC(C(=O)O)C(=O)O. The van der Waals surface area contributed by atoms with E-state index in [2.05, 4.69) is 13.8 Å². The van der Waals surface area contributed by atoms with Crippen LogP contribution in [0.15, 0.2) is 0 Å². The van der Waals surface area contributed by atoms with E-state index in [0.29, 0.717) is 6.42 Å². The first-order valence-corrected chi connectivity index (χ1v) is 11.0. The molecule has 0 saturated carbocycles. The van der Waals surface area contributed by atoms with Crippen LogP contribution in [0.1, 0.15) is 117 Å². The minimum absolute atomic E-state index is 0.250. The van der Waals surface area contributed by atoms with E-state index in [1.54, 1.807) is 0 Å². The van der Waals surface area contributed by atoms with Gasteiger partial charge in [-0.2, -0.15) is 0 Å². The van der Waals surface area contributed by atoms with Crippen molar-refractivity contribution < 1.29 is 19.8 Å². The predicted molar refractivity (Wildman–Crippen MR) is 107 cm³/mol. The maximum atomic E-state index is 10.8. The summed E-state index contributed by atoms with van der Waals surface area (Å²) in [5.41, 5.74) is 0. The fraction of sp³-hybridized carbons (Fsp3) is 0.909. The summed E-state index contributed by atoms with van der Waals surface area (Å²) in [4.78, 5) is 21.7. The summed E-state index contributed by atoms with van der Waals surface area (Å²) in [6.45, 7) is 4.51. The minimum Gasteiger partial charge on any atom is -0.481 e. The summed E-state index contributed by atoms with van der Waals surface area (Å²) in [6, 6.07) is 0. The molecule has 0 aromatic rings. The van der Waals surface area contributed by atoms with Crippen LogP contribution in [-0.4, -0.2) is 22.2 Å². The van der Waals surface area contributed by atoms with Crippen molar-refractivity contribution in [3.8, 4) is 0 Å². The first-order chi connectivity index (χ1) is 12.5. The quantitative estimate of drug-likeness (QED) is 0.197. The van der Waals surface area contributed by atoms with E-state index < -0.39 is 17.9 Å². The molecular formula is C22H42O4. The van der Waals surface area contributed by atoms with Crippen LogP contribution in [0.4, 0.5) is 0 Å². The zero-order valence-corrected chi connectivity index (χ0v) is 17.2. The molecule has 0 aromatic heterocycles. The topological polar surface area (TPSA) is 74.6 Å². The summed E-state index contributed by atoms with van der Waals surface area (Å²) in [5, 5.41) is 17.7. The molecule has 0 aliphatic heterocycles. The summed E-state index contributed by atoms with van der Waals surface area (Å²) in [5.74, 6) is -2.89. The van der Waals surface area contributed by atoms with Crippen LogP contribution in [-0.2, 0) is 9.59 Å². The van der Waals surface area contributed by atoms with E-state index in [0.717, 1.165) is 18.8 Å². The number of hydrogen-bond donors (Lipinski definition) is 2. The Hall–Kier alpha value is -1.06. The van der Waals surface area contributed by atoms with E-state index in [1.807, 2.05) is 0 Å². The molecule has 0 aliphatic rings. The average Bonchev–Trinajstić information content (AvgIpc) is 2.60. The van der Waals surface area contributed by atoms with Crippen molar-refractivity contribution in [3.05, 3.63) is 0 Å². The molecule has 0 rings (SSSR count). The van der Waals surface area contributed by atoms with Gasteiger partial charge in [0, 0.05) is 0 Å². The Balaban J connectivity index is 3.59. The molecule has 4 nitrogen and oxygen atoms in total. The van der Waals surface area contributed by atoms with Crippen molar-refractivity contribution in [2.24, 2.45) is 11.8 Å². The monoisotopic (exact) mass is 370 g/mol. The highest BCUT2D eigenvalue weighted by Gasteiger charge is 2.24. The highest BCUT2D eigenvalue weighted by atomic mass is 16.4. The van der Waals surface area contributed by atoms with Gasteiger partial charge in [0.15, 0.2) is 5.92 Å². The summed E-state index contributed by atoms with van der Waals surface area (Å²) in [7, 11) is 0. The molecule has 26 heavy (non-hydrogen) atoms. The molecule has 0 bridgehead atoms. The lowest BCUT2D eigenvalue weighted by atomic mass is 9.91. The molecule has 0 saturated heterocycles. The van der Waals surface area contributed by atoms with Gasteiger partial charge in [-0.25, -0.2) is 0 Å². The van der Waals surface area contributed by atoms with Gasteiger partial charge in [0.25, 0.3) is 0 Å². The standard InChI is InChI=1S/C22H42O4/c1-3-5-6-7-8-9-10-11-13-16-19(4-2)17-14-12-15-18-20(21(23)24)22(25)26/h19-20H,3-18H2,1-2H3,(H,23,24)(H,25,26). The molecule has 0 aromatic carbocycles. The second-order valence-corrected chi connectivity index (χ2v) is 7.76. The minimum atomic E-state index is -1.24. The third-order valence-electron chi connectivity index (χ3n) is 5.49. The van der Waals surface area contributed by atoms with Gasteiger partial charge in [0.1, 0.15) is 0 Å². The lowest BCUT2D eigenvalue weighted by molar-refractivity contribution is -0.154. The van der Waals surface area contributed by atoms with Gasteiger partial charge < -0.3 is 10.2 Å². The molecule has 2 N–H and O–H groups in total. The lowest BCUT2D eigenvalue weighted by Crippen LogP contribution is -2.23. The highest BCUT2D eigenvalue weighted by Crippen LogP contribution is 2.22. The fourth-order valence-electron chi connectivity index (χ4n) is 3.61. The number of carbonyl (C=O) groups is 2. The Morgan fingerprint density at radius 1 is 0.615 bits per heavy atom. The molecule has 1 unspecified atom stereocenters. The number of hydrogen-bond acceptors (Lipinski definition) is 2. The maximum absolute atomic E-state index is 10.8. The van der Waals surface area contributed by atoms with Gasteiger partial charge >= 0.3 is 11.9 Å². The van der Waals surface area contributed by atoms with Crippen molar-refractivity contribution in [2.45, 2.75) is 117 Å². The fourth-order valence-corrected chi connectivity index (χ4v) is 3.61. The van der Waals surface area contributed by atoms with Crippen LogP contribution in [0.25, 0.3) is 0 Å². The van der Waals surface area contributed by atoms with Gasteiger partial charge in [-0.05, 0) is 12.3 Å². The van der Waals surface area contributed by atoms with E-state index in [1.165, 1.54) is 77.0 Å². The van der Waals surface area contributed by atoms with Crippen molar-refractivity contribution in [3.63, 3.8) is 0 Å². The number of carboxylic acids is 2. The van der Waals surface area contributed by atoms with Crippen LogP contribution in [0.2, 0.25) is 0 Å². The van der Waals surface area contributed by atoms with E-state index >= 15 is 0 Å². The van der Waals surface area contributed by atoms with Crippen molar-refractivity contribution in [1.29, 1.82) is 0 Å². The van der Waals surface area contributed by atoms with Gasteiger partial charge in [0.05, 0.1) is 0 Å². The summed E-state index contributed by atoms with van der Waals surface area (Å²) < 4.78 is 0. The zero-order chi connectivity index (χ0) is 19.6. The van der Waals surface area contributed by atoms with Crippen LogP contribution < -0.4 is 0 Å². The normalized spacial score (nSPS) is 12.4. The number of carboxylic acid groups (broad SMARTS) is 2. The van der Waals surface area contributed by atoms with Gasteiger partial charge in [0.2, 0.25) is 0 Å². The van der Waals surface area contributed by atoms with E-state index in [9.17, 15) is 9.59 Å². The molecule has 0 radical (unpaired) electrons. The van der Waals surface area contributed by atoms with Crippen LogP contribution >= 0.6 is 0 Å². The first kappa shape index (κ1) is 24.9. The molecule has 0 amide bonds. The zero-order valence-electron chi connectivity index (χ0n) is 17.2. The Bertz CT molecular complexity index is 340. The first-order valence-electron chi connectivity index (χ1n) is 11.0. The van der Waals surface area contributed by atoms with E-state index in [-0.39, 0.29) is 6.42 Å². The number of aliphatic carboxylic acids is 2. The van der Waals surface area contributed by atoms with Crippen LogP contribution in [0.5, 0.6) is 0 Å². The molecule has 154 valence electrons. The Kier molecular flexibility index (Phi) is 16.7. The van der Waals surface area contributed by atoms with E-state index in [4.69, 9.17) is 10.2 Å². The average molecular weight is 371 g/mol. The molecule has 0 heterocycles. The van der Waals surface area contributed by atoms with Crippen molar-refractivity contribution in [1.82, 2.24) is 0 Å². The van der Waals surface area contributed by atoms with Gasteiger partial charge in [-0.15, -0.1) is 0 Å². The summed E-state index contributed by atoms with van der Waals surface area (Å²) >= 11 is 0. The Labute approximate surface area is 160 Å². The second-order valence-electron chi connectivity index (χ2n) is 7.76. The largest absolute Gasteiger partial charge is 0.481 e. The number of unbranched alkanes of at least 4 members (excludes halogenated alkanes) is 10. The van der Waals surface area contributed by atoms with Crippen LogP contribution in [0.3, 0.4) is 0 Å². The highest BCUT2D eigenvalue weighted by molar-refractivity contribution is 5.92. The number of rotatable bonds is 19. The third kappa shape index (κ3) is 14.1. The molecule has 0 fully saturated rings. The van der Waals surface area contributed by atoms with Gasteiger partial charge in [-0.1, -0.05) is 110 Å². The Morgan fingerprint density at radius 3 is 1.42 bits per heavy atom. The molecule has 4 heteroatoms. The molecule has 0 aliphatic carbocycles. The van der Waals surface area contributed by atoms with Crippen molar-refractivity contribution >= 4 is 11.9 Å². The van der Waals surface area contributed by atoms with Crippen molar-refractivity contribution in [2.75, 3.05) is 0 Å². The summed E-state index contributed by atoms with van der Waals surface area (Å²) in [6.07, 6.45) is 19.0. The molecular weight excluding hydrogens is 328 g/mol. The smallest absolute Gasteiger partial charge is 0.317 e. The van der Waals surface area contributed by atoms with Gasteiger partial charge in [-0.3, -0.25) is 9.59 Å². The Morgan fingerprint density at radius 2 is 1.00 bits per heavy atom. The molecule has 0 spiro atoms.